The molecule has 0 aliphatic carbocycles. The van der Waals surface area contributed by atoms with Gasteiger partial charge in [0.05, 0.1) is 55.1 Å². The number of carbonyl (C=O) groups excluding carboxylic acids is 1. The number of ether oxygens (including phenoxy) is 2. The number of carboxylic acid groups (broad SMARTS) is 1. The number of fused-ring (bicyclic) bond motifs is 3. The maximum atomic E-state index is 11.4. The summed E-state index contributed by atoms with van der Waals surface area (Å²) in [6, 6.07) is 8.96. The third-order valence-corrected chi connectivity index (χ3v) is 5.30. The molecule has 4 rings (SSSR count). The van der Waals surface area contributed by atoms with Crippen LogP contribution in [0.1, 0.15) is 11.1 Å². The zero-order valence-corrected chi connectivity index (χ0v) is 17.5. The van der Waals surface area contributed by atoms with Gasteiger partial charge in [0.2, 0.25) is 6.41 Å². The van der Waals surface area contributed by atoms with Gasteiger partial charge in [-0.15, -0.1) is 0 Å². The Balaban J connectivity index is 2.01. The topological polar surface area (TPSA) is 123 Å². The van der Waals surface area contributed by atoms with Gasteiger partial charge in [0, 0.05) is 18.0 Å². The van der Waals surface area contributed by atoms with Crippen molar-refractivity contribution in [1.82, 2.24) is 9.55 Å². The molecular formula is C23H21N3O6. The molecule has 0 saturated heterocycles. The Labute approximate surface area is 182 Å². The summed E-state index contributed by atoms with van der Waals surface area (Å²) in [4.78, 5) is 26.8. The second-order valence-electron chi connectivity index (χ2n) is 7.19. The predicted octanol–water partition coefficient (Wildman–Crippen LogP) is 3.16. The number of pyridine rings is 1. The van der Waals surface area contributed by atoms with Gasteiger partial charge in [-0.25, -0.2) is 0 Å². The first kappa shape index (κ1) is 21.0. The molecule has 2 heterocycles. The maximum absolute atomic E-state index is 11.4. The molecule has 2 aromatic carbocycles. The van der Waals surface area contributed by atoms with Crippen molar-refractivity contribution in [3.8, 4) is 17.2 Å². The van der Waals surface area contributed by atoms with Crippen LogP contribution in [-0.4, -0.2) is 46.4 Å². The SMILES string of the molecule is COc1cc(Cn2c3cncc(O)c3c3c(NC=O)c(CC(=O)O)ccc32)cc(OC)c1. The number of rotatable bonds is 8. The van der Waals surface area contributed by atoms with E-state index < -0.39 is 5.97 Å². The van der Waals surface area contributed by atoms with Crippen molar-refractivity contribution in [3.05, 3.63) is 53.9 Å². The van der Waals surface area contributed by atoms with E-state index in [2.05, 4.69) is 10.3 Å². The number of nitrogens with zero attached hydrogens (tertiary/aromatic N) is 2. The molecule has 0 atom stereocenters. The van der Waals surface area contributed by atoms with Gasteiger partial charge in [0.25, 0.3) is 0 Å². The van der Waals surface area contributed by atoms with Gasteiger partial charge in [-0.2, -0.15) is 0 Å². The summed E-state index contributed by atoms with van der Waals surface area (Å²) in [5, 5.41) is 23.6. The van der Waals surface area contributed by atoms with Gasteiger partial charge in [0.1, 0.15) is 17.2 Å². The summed E-state index contributed by atoms with van der Waals surface area (Å²) in [6.07, 6.45) is 3.15. The fourth-order valence-electron chi connectivity index (χ4n) is 3.99. The lowest BCUT2D eigenvalue weighted by atomic mass is 10.0. The Morgan fingerprint density at radius 3 is 2.44 bits per heavy atom. The van der Waals surface area contributed by atoms with Crippen LogP contribution in [0.3, 0.4) is 0 Å². The van der Waals surface area contributed by atoms with Crippen LogP contribution < -0.4 is 14.8 Å². The molecule has 4 aromatic rings. The van der Waals surface area contributed by atoms with Gasteiger partial charge in [-0.3, -0.25) is 14.6 Å². The lowest BCUT2D eigenvalue weighted by molar-refractivity contribution is -0.136. The normalized spacial score (nSPS) is 10.9. The Hall–Kier alpha value is -4.27. The van der Waals surface area contributed by atoms with Gasteiger partial charge in [0.15, 0.2) is 0 Å². The molecule has 0 bridgehead atoms. The third kappa shape index (κ3) is 3.64. The molecule has 32 heavy (non-hydrogen) atoms. The average molecular weight is 435 g/mol. The van der Waals surface area contributed by atoms with Crippen LogP contribution in [0.5, 0.6) is 17.2 Å². The largest absolute Gasteiger partial charge is 0.506 e. The summed E-state index contributed by atoms with van der Waals surface area (Å²) in [5.41, 5.74) is 2.97. The molecule has 9 nitrogen and oxygen atoms in total. The number of aliphatic carboxylic acids is 1. The van der Waals surface area contributed by atoms with E-state index in [9.17, 15) is 19.8 Å². The van der Waals surface area contributed by atoms with E-state index in [-0.39, 0.29) is 12.2 Å². The number of hydrogen-bond donors (Lipinski definition) is 3. The molecule has 164 valence electrons. The highest BCUT2D eigenvalue weighted by Gasteiger charge is 2.21. The number of hydrogen-bond acceptors (Lipinski definition) is 6. The minimum absolute atomic E-state index is 0.0732. The van der Waals surface area contributed by atoms with Gasteiger partial charge >= 0.3 is 5.97 Å². The molecule has 0 aliphatic heterocycles. The minimum Gasteiger partial charge on any atom is -0.506 e. The van der Waals surface area contributed by atoms with Crippen LogP contribution >= 0.6 is 0 Å². The lowest BCUT2D eigenvalue weighted by Crippen LogP contribution is -2.06. The van der Waals surface area contributed by atoms with Crippen molar-refractivity contribution in [2.24, 2.45) is 0 Å². The number of amides is 1. The summed E-state index contributed by atoms with van der Waals surface area (Å²) in [5.74, 6) is 0.161. The predicted molar refractivity (Wildman–Crippen MR) is 119 cm³/mol. The van der Waals surface area contributed by atoms with Gasteiger partial charge in [-0.05, 0) is 29.3 Å². The maximum Gasteiger partial charge on any atom is 0.307 e. The van der Waals surface area contributed by atoms with Crippen molar-refractivity contribution in [2.75, 3.05) is 19.5 Å². The number of aromatic hydroxyl groups is 1. The molecule has 0 saturated carbocycles. The molecule has 0 unspecified atom stereocenters. The Morgan fingerprint density at radius 1 is 1.09 bits per heavy atom. The number of benzene rings is 2. The van der Waals surface area contributed by atoms with E-state index in [0.29, 0.717) is 57.5 Å². The zero-order valence-electron chi connectivity index (χ0n) is 17.5. The number of aromatic nitrogens is 2. The minimum atomic E-state index is -1.03. The van der Waals surface area contributed by atoms with Crippen molar-refractivity contribution in [1.29, 1.82) is 0 Å². The molecule has 0 fully saturated rings. The summed E-state index contributed by atoms with van der Waals surface area (Å²) in [6.45, 7) is 0.386. The molecule has 0 radical (unpaired) electrons. The first-order valence-electron chi connectivity index (χ1n) is 9.71. The standard InChI is InChI=1S/C23H21N3O6/c1-31-15-5-13(6-16(8-15)32-2)11-26-17-4-3-14(7-20(29)30)23(25-12-27)22(17)21-18(26)9-24-10-19(21)28/h3-6,8-10,12,28H,7,11H2,1-2H3,(H,25,27)(H,29,30). The van der Waals surface area contributed by atoms with E-state index in [4.69, 9.17) is 9.47 Å². The Bertz CT molecular complexity index is 1320. The van der Waals surface area contributed by atoms with E-state index >= 15 is 0 Å². The van der Waals surface area contributed by atoms with Gasteiger partial charge < -0.3 is 29.6 Å². The van der Waals surface area contributed by atoms with Crippen molar-refractivity contribution >= 4 is 39.9 Å². The highest BCUT2D eigenvalue weighted by molar-refractivity contribution is 6.18. The van der Waals surface area contributed by atoms with E-state index in [1.54, 1.807) is 38.6 Å². The van der Waals surface area contributed by atoms with Crippen LogP contribution in [0, 0.1) is 0 Å². The zero-order chi connectivity index (χ0) is 22.8. The number of carbonyl (C=O) groups is 2. The van der Waals surface area contributed by atoms with E-state index in [1.807, 2.05) is 16.7 Å². The van der Waals surface area contributed by atoms with Crippen LogP contribution in [0.15, 0.2) is 42.7 Å². The number of carboxylic acids is 1. The van der Waals surface area contributed by atoms with Crippen LogP contribution in [0.25, 0.3) is 21.8 Å². The van der Waals surface area contributed by atoms with E-state index in [1.165, 1.54) is 6.20 Å². The Kier molecular flexibility index (Phi) is 5.55. The number of nitrogens with one attached hydrogen (secondary N) is 1. The first-order valence-corrected chi connectivity index (χ1v) is 9.71. The second kappa shape index (κ2) is 8.46. The number of methoxy groups -OCH3 is 2. The van der Waals surface area contributed by atoms with Crippen molar-refractivity contribution < 1.29 is 29.3 Å². The molecule has 2 aromatic heterocycles. The van der Waals surface area contributed by atoms with Crippen LogP contribution in [0.2, 0.25) is 0 Å². The summed E-state index contributed by atoms with van der Waals surface area (Å²) < 4.78 is 12.7. The molecule has 1 amide bonds. The van der Waals surface area contributed by atoms with Gasteiger partial charge in [-0.1, -0.05) is 6.07 Å². The molecule has 0 spiro atoms. The van der Waals surface area contributed by atoms with Crippen LogP contribution in [0.4, 0.5) is 5.69 Å². The lowest BCUT2D eigenvalue weighted by Gasteiger charge is -2.12. The smallest absolute Gasteiger partial charge is 0.307 e. The summed E-state index contributed by atoms with van der Waals surface area (Å²) in [7, 11) is 3.14. The van der Waals surface area contributed by atoms with Crippen LogP contribution in [-0.2, 0) is 22.6 Å². The molecule has 9 heteroatoms. The highest BCUT2D eigenvalue weighted by Crippen LogP contribution is 2.40. The van der Waals surface area contributed by atoms with Crippen molar-refractivity contribution in [2.45, 2.75) is 13.0 Å². The fraction of sp³-hybridized carbons (Fsp3) is 0.174. The molecular weight excluding hydrogens is 414 g/mol. The average Bonchev–Trinajstić information content (AvgIpc) is 3.09. The second-order valence-corrected chi connectivity index (χ2v) is 7.19. The third-order valence-electron chi connectivity index (χ3n) is 5.30. The highest BCUT2D eigenvalue weighted by atomic mass is 16.5. The fourth-order valence-corrected chi connectivity index (χ4v) is 3.99. The molecule has 3 N–H and O–H groups in total. The van der Waals surface area contributed by atoms with Crippen molar-refractivity contribution in [3.63, 3.8) is 0 Å². The quantitative estimate of drug-likeness (QED) is 0.363. The molecule has 0 aliphatic rings. The Morgan fingerprint density at radius 2 is 1.81 bits per heavy atom. The first-order chi connectivity index (χ1) is 15.5. The summed E-state index contributed by atoms with van der Waals surface area (Å²) >= 11 is 0. The monoisotopic (exact) mass is 435 g/mol. The van der Waals surface area contributed by atoms with E-state index in [0.717, 1.165) is 5.56 Å². The number of anilines is 1.